The molecule has 0 radical (unpaired) electrons. The van der Waals surface area contributed by atoms with Crippen molar-refractivity contribution in [1.29, 1.82) is 0 Å². The summed E-state index contributed by atoms with van der Waals surface area (Å²) in [6.45, 7) is 0. The average Bonchev–Trinajstić information content (AvgIpc) is 3.32. The minimum absolute atomic E-state index is 0.0827. The van der Waals surface area contributed by atoms with E-state index in [1.807, 2.05) is 0 Å². The Morgan fingerprint density at radius 1 is 0.909 bits per heavy atom. The molecule has 1 aromatic rings. The molecule has 22 heavy (non-hydrogen) atoms. The second-order valence-corrected chi connectivity index (χ2v) is 7.94. The summed E-state index contributed by atoms with van der Waals surface area (Å²) in [5.74, 6) is -0.119. The van der Waals surface area contributed by atoms with E-state index in [9.17, 15) is 13.2 Å². The molecule has 0 aliphatic heterocycles. The molecule has 2 saturated carbocycles. The number of carbonyl (C=O) groups is 1. The van der Waals surface area contributed by atoms with Crippen LogP contribution in [0.2, 0.25) is 0 Å². The molecule has 1 amide bonds. The van der Waals surface area contributed by atoms with Crippen molar-refractivity contribution >= 4 is 15.9 Å². The fourth-order valence-electron chi connectivity index (χ4n) is 2.79. The molecule has 1 aromatic carbocycles. The summed E-state index contributed by atoms with van der Waals surface area (Å²) in [5.41, 5.74) is 0.510. The zero-order valence-corrected chi connectivity index (χ0v) is 13.4. The van der Waals surface area contributed by atoms with E-state index in [0.717, 1.165) is 38.5 Å². The third-order valence-electron chi connectivity index (χ3n) is 4.27. The van der Waals surface area contributed by atoms with Crippen molar-refractivity contribution in [2.45, 2.75) is 61.9 Å². The van der Waals surface area contributed by atoms with Crippen molar-refractivity contribution in [2.75, 3.05) is 0 Å². The Hall–Kier alpha value is -1.40. The van der Waals surface area contributed by atoms with Gasteiger partial charge in [0.1, 0.15) is 0 Å². The number of rotatable bonds is 5. The number of amides is 1. The second-order valence-electron chi connectivity index (χ2n) is 6.23. The van der Waals surface area contributed by atoms with Crippen molar-refractivity contribution < 1.29 is 13.2 Å². The molecule has 2 aliphatic carbocycles. The Morgan fingerprint density at radius 2 is 1.55 bits per heavy atom. The molecule has 0 spiro atoms. The molecule has 2 fully saturated rings. The van der Waals surface area contributed by atoms with Gasteiger partial charge in [-0.25, -0.2) is 13.1 Å². The van der Waals surface area contributed by atoms with E-state index in [4.69, 9.17) is 0 Å². The smallest absolute Gasteiger partial charge is 0.251 e. The van der Waals surface area contributed by atoms with Crippen LogP contribution in [0.1, 0.15) is 55.3 Å². The highest BCUT2D eigenvalue weighted by atomic mass is 32.2. The Labute approximate surface area is 131 Å². The maximum atomic E-state index is 12.2. The highest BCUT2D eigenvalue weighted by molar-refractivity contribution is 7.89. The predicted octanol–water partition coefficient (Wildman–Crippen LogP) is 2.19. The number of carbonyl (C=O) groups excluding carboxylic acids is 1. The van der Waals surface area contributed by atoms with Gasteiger partial charge in [0.25, 0.3) is 5.91 Å². The van der Waals surface area contributed by atoms with Crippen LogP contribution in [0.15, 0.2) is 29.2 Å². The molecule has 0 bridgehead atoms. The van der Waals surface area contributed by atoms with E-state index in [0.29, 0.717) is 5.56 Å². The highest BCUT2D eigenvalue weighted by Crippen LogP contribution is 2.22. The van der Waals surface area contributed by atoms with Crippen LogP contribution in [0.4, 0.5) is 0 Å². The van der Waals surface area contributed by atoms with Crippen LogP contribution in [0.5, 0.6) is 0 Å². The molecular formula is C16H22N2O3S. The van der Waals surface area contributed by atoms with Crippen LogP contribution in [-0.2, 0) is 10.0 Å². The summed E-state index contributed by atoms with van der Waals surface area (Å²) >= 11 is 0. The lowest BCUT2D eigenvalue weighted by Crippen LogP contribution is -2.36. The molecule has 0 heterocycles. The zero-order valence-electron chi connectivity index (χ0n) is 12.5. The summed E-state index contributed by atoms with van der Waals surface area (Å²) in [7, 11) is -3.45. The minimum Gasteiger partial charge on any atom is -0.349 e. The Bertz CT molecular complexity index is 630. The molecule has 120 valence electrons. The maximum absolute atomic E-state index is 12.2. The quantitative estimate of drug-likeness (QED) is 0.872. The largest absolute Gasteiger partial charge is 0.349 e. The SMILES string of the molecule is O=C(NC1CCCCC1)c1ccc(S(=O)(=O)NC2CC2)cc1. The first-order chi connectivity index (χ1) is 10.5. The number of sulfonamides is 1. The third kappa shape index (κ3) is 3.87. The van der Waals surface area contributed by atoms with Crippen LogP contribution in [-0.4, -0.2) is 26.4 Å². The van der Waals surface area contributed by atoms with E-state index >= 15 is 0 Å². The number of hydrogen-bond acceptors (Lipinski definition) is 3. The second kappa shape index (κ2) is 6.38. The monoisotopic (exact) mass is 322 g/mol. The zero-order chi connectivity index (χ0) is 15.6. The van der Waals surface area contributed by atoms with E-state index in [2.05, 4.69) is 10.0 Å². The van der Waals surface area contributed by atoms with Crippen LogP contribution >= 0.6 is 0 Å². The van der Waals surface area contributed by atoms with Gasteiger partial charge in [0.2, 0.25) is 10.0 Å². The molecule has 2 N–H and O–H groups in total. The van der Waals surface area contributed by atoms with Crippen LogP contribution in [0, 0.1) is 0 Å². The molecule has 6 heteroatoms. The molecule has 0 atom stereocenters. The van der Waals surface area contributed by atoms with Gasteiger partial charge < -0.3 is 5.32 Å². The van der Waals surface area contributed by atoms with Gasteiger partial charge in [-0.05, 0) is 49.9 Å². The third-order valence-corrected chi connectivity index (χ3v) is 5.80. The lowest BCUT2D eigenvalue weighted by atomic mass is 9.95. The van der Waals surface area contributed by atoms with Crippen LogP contribution < -0.4 is 10.0 Å². The summed E-state index contributed by atoms with van der Waals surface area (Å²) < 4.78 is 26.8. The van der Waals surface area contributed by atoms with Gasteiger partial charge >= 0.3 is 0 Å². The van der Waals surface area contributed by atoms with Gasteiger partial charge in [-0.15, -0.1) is 0 Å². The van der Waals surface area contributed by atoms with E-state index < -0.39 is 10.0 Å². The lowest BCUT2D eigenvalue weighted by Gasteiger charge is -2.22. The van der Waals surface area contributed by atoms with Crippen molar-refractivity contribution in [3.8, 4) is 0 Å². The Balaban J connectivity index is 1.64. The summed E-state index contributed by atoms with van der Waals surface area (Å²) in [6.07, 6.45) is 7.44. The first kappa shape index (κ1) is 15.5. The van der Waals surface area contributed by atoms with Crippen LogP contribution in [0.3, 0.4) is 0 Å². The van der Waals surface area contributed by atoms with E-state index in [1.54, 1.807) is 12.1 Å². The molecule has 5 nitrogen and oxygen atoms in total. The lowest BCUT2D eigenvalue weighted by molar-refractivity contribution is 0.0927. The highest BCUT2D eigenvalue weighted by Gasteiger charge is 2.28. The molecule has 2 aliphatic rings. The van der Waals surface area contributed by atoms with Gasteiger partial charge in [0.05, 0.1) is 4.90 Å². The Kier molecular flexibility index (Phi) is 4.49. The normalized spacial score (nSPS) is 19.8. The van der Waals surface area contributed by atoms with Crippen molar-refractivity contribution in [3.63, 3.8) is 0 Å². The first-order valence-corrected chi connectivity index (χ1v) is 9.46. The first-order valence-electron chi connectivity index (χ1n) is 7.98. The van der Waals surface area contributed by atoms with Crippen molar-refractivity contribution in [2.24, 2.45) is 0 Å². The Morgan fingerprint density at radius 3 is 2.14 bits per heavy atom. The molecule has 3 rings (SSSR count). The maximum Gasteiger partial charge on any atom is 0.251 e. The summed E-state index contributed by atoms with van der Waals surface area (Å²) in [6, 6.07) is 6.50. The molecular weight excluding hydrogens is 300 g/mol. The number of hydrogen-bond donors (Lipinski definition) is 2. The number of nitrogens with one attached hydrogen (secondary N) is 2. The summed E-state index contributed by atoms with van der Waals surface area (Å²) in [4.78, 5) is 12.4. The summed E-state index contributed by atoms with van der Waals surface area (Å²) in [5, 5.41) is 3.03. The molecule has 0 unspecified atom stereocenters. The fraction of sp³-hybridized carbons (Fsp3) is 0.562. The van der Waals surface area contributed by atoms with Gasteiger partial charge in [-0.3, -0.25) is 4.79 Å². The number of benzene rings is 1. The van der Waals surface area contributed by atoms with E-state index in [-0.39, 0.29) is 22.9 Å². The van der Waals surface area contributed by atoms with Gasteiger partial charge in [0, 0.05) is 17.6 Å². The van der Waals surface area contributed by atoms with Crippen molar-refractivity contribution in [1.82, 2.24) is 10.0 Å². The topological polar surface area (TPSA) is 75.3 Å². The van der Waals surface area contributed by atoms with Crippen LogP contribution in [0.25, 0.3) is 0 Å². The predicted molar refractivity (Wildman–Crippen MR) is 84.1 cm³/mol. The minimum atomic E-state index is -3.45. The standard InChI is InChI=1S/C16H22N2O3S/c19-16(17-13-4-2-1-3-5-13)12-6-10-15(11-7-12)22(20,21)18-14-8-9-14/h6-7,10-11,13-14,18H,1-5,8-9H2,(H,17,19). The van der Waals surface area contributed by atoms with Gasteiger partial charge in [-0.2, -0.15) is 0 Å². The molecule has 0 aromatic heterocycles. The average molecular weight is 322 g/mol. The molecule has 0 saturated heterocycles. The fourth-order valence-corrected chi connectivity index (χ4v) is 4.09. The van der Waals surface area contributed by atoms with Crippen molar-refractivity contribution in [3.05, 3.63) is 29.8 Å². The van der Waals surface area contributed by atoms with Gasteiger partial charge in [0.15, 0.2) is 0 Å². The van der Waals surface area contributed by atoms with E-state index in [1.165, 1.54) is 18.6 Å². The van der Waals surface area contributed by atoms with Gasteiger partial charge in [-0.1, -0.05) is 19.3 Å².